The Labute approximate surface area is 115 Å². The van der Waals surface area contributed by atoms with Gasteiger partial charge in [-0.3, -0.25) is 9.48 Å². The minimum absolute atomic E-state index is 0.0302. The monoisotopic (exact) mass is 264 g/mol. The van der Waals surface area contributed by atoms with E-state index in [0.717, 1.165) is 45.3 Å². The first-order chi connectivity index (χ1) is 9.20. The zero-order valence-electron chi connectivity index (χ0n) is 11.9. The summed E-state index contributed by atoms with van der Waals surface area (Å²) in [5, 5.41) is 7.50. The Balaban J connectivity index is 1.83. The normalized spacial score (nSPS) is 20.0. The van der Waals surface area contributed by atoms with Gasteiger partial charge in [0, 0.05) is 26.3 Å². The number of aryl methyl sites for hydroxylation is 1. The van der Waals surface area contributed by atoms with Crippen LogP contribution in [0.15, 0.2) is 12.4 Å². The summed E-state index contributed by atoms with van der Waals surface area (Å²) >= 11 is 0. The van der Waals surface area contributed by atoms with Crippen molar-refractivity contribution >= 4 is 5.91 Å². The molecule has 1 saturated heterocycles. The van der Waals surface area contributed by atoms with Crippen LogP contribution in [0, 0.1) is 0 Å². The summed E-state index contributed by atoms with van der Waals surface area (Å²) in [7, 11) is 1.92. The molecule has 1 aliphatic rings. The second kappa shape index (κ2) is 6.70. The number of hydrogen-bond acceptors (Lipinski definition) is 3. The molecule has 0 saturated carbocycles. The molecule has 1 amide bonds. The van der Waals surface area contributed by atoms with E-state index in [0.29, 0.717) is 0 Å². The molecule has 2 rings (SSSR count). The molecule has 5 heteroatoms. The molecular weight excluding hydrogens is 240 g/mol. The van der Waals surface area contributed by atoms with Crippen LogP contribution < -0.4 is 5.32 Å². The van der Waals surface area contributed by atoms with Crippen LogP contribution in [0.2, 0.25) is 0 Å². The van der Waals surface area contributed by atoms with Crippen LogP contribution in [0.4, 0.5) is 0 Å². The lowest BCUT2D eigenvalue weighted by Gasteiger charge is -2.32. The van der Waals surface area contributed by atoms with Gasteiger partial charge in [0.05, 0.1) is 12.2 Å². The van der Waals surface area contributed by atoms with Crippen LogP contribution in [-0.4, -0.2) is 46.3 Å². The second-order valence-corrected chi connectivity index (χ2v) is 5.25. The van der Waals surface area contributed by atoms with E-state index in [-0.39, 0.29) is 11.9 Å². The molecule has 2 heterocycles. The van der Waals surface area contributed by atoms with Crippen molar-refractivity contribution < 1.29 is 4.79 Å². The van der Waals surface area contributed by atoms with E-state index in [9.17, 15) is 4.79 Å². The standard InChI is InChI=1S/C14H24N4O/c1-3-7-15-13-5-4-8-18(14(13)19)9-6-12-10-16-17(2)11-12/h10-11,13,15H,3-9H2,1-2H3. The third kappa shape index (κ3) is 3.80. The molecule has 1 unspecified atom stereocenters. The molecule has 0 radical (unpaired) electrons. The van der Waals surface area contributed by atoms with Gasteiger partial charge in [-0.25, -0.2) is 0 Å². The fourth-order valence-electron chi connectivity index (χ4n) is 2.54. The van der Waals surface area contributed by atoms with Crippen LogP contribution in [0.5, 0.6) is 0 Å². The van der Waals surface area contributed by atoms with E-state index in [2.05, 4.69) is 17.3 Å². The molecule has 106 valence electrons. The summed E-state index contributed by atoms with van der Waals surface area (Å²) < 4.78 is 1.80. The molecule has 19 heavy (non-hydrogen) atoms. The minimum atomic E-state index is 0.0302. The summed E-state index contributed by atoms with van der Waals surface area (Å²) in [4.78, 5) is 14.3. The highest BCUT2D eigenvalue weighted by Gasteiger charge is 2.27. The van der Waals surface area contributed by atoms with Crippen molar-refractivity contribution in [1.29, 1.82) is 0 Å². The molecule has 1 aliphatic heterocycles. The molecule has 0 bridgehead atoms. The first kappa shape index (κ1) is 14.1. The molecule has 1 N–H and O–H groups in total. The van der Waals surface area contributed by atoms with Crippen molar-refractivity contribution in [2.75, 3.05) is 19.6 Å². The van der Waals surface area contributed by atoms with Crippen LogP contribution in [0.1, 0.15) is 31.7 Å². The molecule has 1 fully saturated rings. The van der Waals surface area contributed by atoms with Crippen LogP contribution in [0.3, 0.4) is 0 Å². The summed E-state index contributed by atoms with van der Waals surface area (Å²) in [6.07, 6.45) is 7.92. The van der Waals surface area contributed by atoms with E-state index in [1.165, 1.54) is 5.56 Å². The molecule has 5 nitrogen and oxygen atoms in total. The molecule has 0 aromatic carbocycles. The number of nitrogens with zero attached hydrogens (tertiary/aromatic N) is 3. The summed E-state index contributed by atoms with van der Waals surface area (Å²) in [5.41, 5.74) is 1.19. The summed E-state index contributed by atoms with van der Waals surface area (Å²) in [6.45, 7) is 4.74. The SMILES string of the molecule is CCCNC1CCCN(CCc2cnn(C)c2)C1=O. The Morgan fingerprint density at radius 1 is 1.53 bits per heavy atom. The van der Waals surface area contributed by atoms with Gasteiger partial charge in [-0.2, -0.15) is 5.10 Å². The van der Waals surface area contributed by atoms with E-state index in [4.69, 9.17) is 0 Å². The fourth-order valence-corrected chi connectivity index (χ4v) is 2.54. The number of carbonyl (C=O) groups excluding carboxylic acids is 1. The Bertz CT molecular complexity index is 415. The van der Waals surface area contributed by atoms with E-state index in [1.54, 1.807) is 4.68 Å². The fraction of sp³-hybridized carbons (Fsp3) is 0.714. The predicted molar refractivity (Wildman–Crippen MR) is 74.8 cm³/mol. The van der Waals surface area contributed by atoms with Gasteiger partial charge >= 0.3 is 0 Å². The maximum Gasteiger partial charge on any atom is 0.239 e. The highest BCUT2D eigenvalue weighted by atomic mass is 16.2. The van der Waals surface area contributed by atoms with Gasteiger partial charge in [0.15, 0.2) is 0 Å². The summed E-state index contributed by atoms with van der Waals surface area (Å²) in [5.74, 6) is 0.267. The molecular formula is C14H24N4O. The largest absolute Gasteiger partial charge is 0.341 e. The first-order valence-corrected chi connectivity index (χ1v) is 7.20. The zero-order chi connectivity index (χ0) is 13.7. The van der Waals surface area contributed by atoms with Gasteiger partial charge in [0.1, 0.15) is 0 Å². The van der Waals surface area contributed by atoms with Gasteiger partial charge in [0.25, 0.3) is 0 Å². The van der Waals surface area contributed by atoms with Crippen molar-refractivity contribution in [2.45, 2.75) is 38.6 Å². The lowest BCUT2D eigenvalue weighted by Crippen LogP contribution is -2.51. The third-order valence-electron chi connectivity index (χ3n) is 3.60. The number of rotatable bonds is 6. The Morgan fingerprint density at radius 3 is 3.05 bits per heavy atom. The van der Waals surface area contributed by atoms with Crippen molar-refractivity contribution in [3.8, 4) is 0 Å². The van der Waals surface area contributed by atoms with E-state index >= 15 is 0 Å². The number of carbonyl (C=O) groups is 1. The topological polar surface area (TPSA) is 50.2 Å². The maximum absolute atomic E-state index is 12.3. The minimum Gasteiger partial charge on any atom is -0.341 e. The molecule has 1 aromatic rings. The summed E-state index contributed by atoms with van der Waals surface area (Å²) in [6, 6.07) is 0.0302. The van der Waals surface area contributed by atoms with Gasteiger partial charge in [-0.1, -0.05) is 6.92 Å². The first-order valence-electron chi connectivity index (χ1n) is 7.20. The second-order valence-electron chi connectivity index (χ2n) is 5.25. The number of hydrogen-bond donors (Lipinski definition) is 1. The Hall–Kier alpha value is -1.36. The Morgan fingerprint density at radius 2 is 2.37 bits per heavy atom. The smallest absolute Gasteiger partial charge is 0.239 e. The number of aromatic nitrogens is 2. The van der Waals surface area contributed by atoms with Gasteiger partial charge < -0.3 is 10.2 Å². The molecule has 1 atom stereocenters. The van der Waals surface area contributed by atoms with Gasteiger partial charge in [-0.05, 0) is 37.8 Å². The van der Waals surface area contributed by atoms with Crippen molar-refractivity contribution in [3.63, 3.8) is 0 Å². The zero-order valence-corrected chi connectivity index (χ0v) is 11.9. The number of nitrogens with one attached hydrogen (secondary N) is 1. The number of piperidine rings is 1. The van der Waals surface area contributed by atoms with E-state index < -0.39 is 0 Å². The van der Waals surface area contributed by atoms with Crippen molar-refractivity contribution in [2.24, 2.45) is 7.05 Å². The van der Waals surface area contributed by atoms with Gasteiger partial charge in [-0.15, -0.1) is 0 Å². The lowest BCUT2D eigenvalue weighted by atomic mass is 10.0. The van der Waals surface area contributed by atoms with Crippen molar-refractivity contribution in [1.82, 2.24) is 20.0 Å². The maximum atomic E-state index is 12.3. The predicted octanol–water partition coefficient (Wildman–Crippen LogP) is 0.953. The average Bonchev–Trinajstić information content (AvgIpc) is 2.82. The number of amides is 1. The highest BCUT2D eigenvalue weighted by Crippen LogP contribution is 2.12. The average molecular weight is 264 g/mol. The highest BCUT2D eigenvalue weighted by molar-refractivity contribution is 5.82. The molecule has 0 spiro atoms. The van der Waals surface area contributed by atoms with Crippen molar-refractivity contribution in [3.05, 3.63) is 18.0 Å². The third-order valence-corrected chi connectivity index (χ3v) is 3.60. The quantitative estimate of drug-likeness (QED) is 0.832. The van der Waals surface area contributed by atoms with Crippen LogP contribution >= 0.6 is 0 Å². The molecule has 1 aromatic heterocycles. The van der Waals surface area contributed by atoms with Crippen LogP contribution in [0.25, 0.3) is 0 Å². The molecule has 0 aliphatic carbocycles. The lowest BCUT2D eigenvalue weighted by molar-refractivity contribution is -0.135. The van der Waals surface area contributed by atoms with Crippen LogP contribution in [-0.2, 0) is 18.3 Å². The number of likely N-dealkylation sites (tertiary alicyclic amines) is 1. The van der Waals surface area contributed by atoms with E-state index in [1.807, 2.05) is 24.3 Å². The van der Waals surface area contributed by atoms with Gasteiger partial charge in [0.2, 0.25) is 5.91 Å². The Kier molecular flexibility index (Phi) is 4.96.